The molecule has 0 saturated heterocycles. The Balaban J connectivity index is 1.93. The number of anilines is 1. The number of rotatable bonds is 5. The molecule has 1 N–H and O–H groups in total. The fourth-order valence-corrected chi connectivity index (χ4v) is 3.50. The molecule has 1 heterocycles. The maximum absolute atomic E-state index is 13.1. The molecule has 1 aliphatic heterocycles. The predicted octanol–water partition coefficient (Wildman–Crippen LogP) is 4.07. The third kappa shape index (κ3) is 3.37. The average Bonchev–Trinajstić information content (AvgIpc) is 2.87. The Hall–Kier alpha value is -2.95. The van der Waals surface area contributed by atoms with Gasteiger partial charge in [0.2, 0.25) is 5.91 Å². The Bertz CT molecular complexity index is 867. The number of para-hydroxylation sites is 1. The van der Waals surface area contributed by atoms with E-state index in [2.05, 4.69) is 19.2 Å². The summed E-state index contributed by atoms with van der Waals surface area (Å²) in [5.41, 5.74) is 2.42. The van der Waals surface area contributed by atoms with Crippen molar-refractivity contribution in [3.8, 4) is 0 Å². The Morgan fingerprint density at radius 2 is 1.37 bits per heavy atom. The monoisotopic (exact) mass is 364 g/mol. The van der Waals surface area contributed by atoms with Crippen LogP contribution in [0.15, 0.2) is 48.5 Å². The molecule has 27 heavy (non-hydrogen) atoms. The molecule has 140 valence electrons. The van der Waals surface area contributed by atoms with Crippen molar-refractivity contribution < 1.29 is 14.4 Å². The van der Waals surface area contributed by atoms with Crippen LogP contribution in [0.4, 0.5) is 5.69 Å². The van der Waals surface area contributed by atoms with Gasteiger partial charge < -0.3 is 5.32 Å². The van der Waals surface area contributed by atoms with Crippen LogP contribution >= 0.6 is 0 Å². The zero-order valence-corrected chi connectivity index (χ0v) is 16.0. The summed E-state index contributed by atoms with van der Waals surface area (Å²) in [7, 11) is 0. The first-order chi connectivity index (χ1) is 12.8. The van der Waals surface area contributed by atoms with Crippen molar-refractivity contribution in [3.63, 3.8) is 0 Å². The maximum atomic E-state index is 13.1. The third-order valence-electron chi connectivity index (χ3n) is 4.84. The Morgan fingerprint density at radius 3 is 1.89 bits per heavy atom. The number of imide groups is 1. The summed E-state index contributed by atoms with van der Waals surface area (Å²) in [6.07, 6.45) is 0. The molecular formula is C22H24N2O3. The molecule has 0 aliphatic carbocycles. The van der Waals surface area contributed by atoms with Crippen molar-refractivity contribution in [1.82, 2.24) is 4.90 Å². The van der Waals surface area contributed by atoms with Crippen LogP contribution in [-0.2, 0) is 4.79 Å². The van der Waals surface area contributed by atoms with Crippen LogP contribution in [-0.4, -0.2) is 28.7 Å². The van der Waals surface area contributed by atoms with E-state index < -0.39 is 17.9 Å². The smallest absolute Gasteiger partial charge is 0.262 e. The number of carbonyl (C=O) groups excluding carboxylic acids is 3. The van der Waals surface area contributed by atoms with Crippen LogP contribution < -0.4 is 5.32 Å². The normalized spacial score (nSPS) is 14.7. The highest BCUT2D eigenvalue weighted by molar-refractivity contribution is 6.23. The highest BCUT2D eigenvalue weighted by Crippen LogP contribution is 2.29. The molecule has 5 heteroatoms. The lowest BCUT2D eigenvalue weighted by Gasteiger charge is -2.29. The zero-order chi connectivity index (χ0) is 19.7. The van der Waals surface area contributed by atoms with E-state index in [1.807, 2.05) is 38.1 Å². The van der Waals surface area contributed by atoms with E-state index in [1.165, 1.54) is 0 Å². The lowest BCUT2D eigenvalue weighted by molar-refractivity contribution is -0.121. The van der Waals surface area contributed by atoms with Gasteiger partial charge in [-0.1, -0.05) is 58.0 Å². The summed E-state index contributed by atoms with van der Waals surface area (Å²) in [6.45, 7) is 7.77. The van der Waals surface area contributed by atoms with E-state index in [9.17, 15) is 14.4 Å². The summed E-state index contributed by atoms with van der Waals surface area (Å²) >= 11 is 0. The molecule has 0 bridgehead atoms. The first-order valence-electron chi connectivity index (χ1n) is 9.19. The van der Waals surface area contributed by atoms with Gasteiger partial charge >= 0.3 is 0 Å². The summed E-state index contributed by atoms with van der Waals surface area (Å²) in [4.78, 5) is 39.8. The molecule has 3 rings (SSSR count). The van der Waals surface area contributed by atoms with E-state index in [1.54, 1.807) is 24.3 Å². The Labute approximate surface area is 159 Å². The van der Waals surface area contributed by atoms with Crippen molar-refractivity contribution in [1.29, 1.82) is 0 Å². The van der Waals surface area contributed by atoms with Gasteiger partial charge in [0.05, 0.1) is 11.1 Å². The minimum absolute atomic E-state index is 0.224. The van der Waals surface area contributed by atoms with Crippen molar-refractivity contribution in [3.05, 3.63) is 65.2 Å². The van der Waals surface area contributed by atoms with Gasteiger partial charge in [-0.15, -0.1) is 0 Å². The molecule has 2 aromatic rings. The van der Waals surface area contributed by atoms with E-state index in [0.29, 0.717) is 16.8 Å². The number of nitrogens with zero attached hydrogens (tertiary/aromatic N) is 1. The van der Waals surface area contributed by atoms with E-state index in [0.717, 1.165) is 10.5 Å². The summed E-state index contributed by atoms with van der Waals surface area (Å²) in [6, 6.07) is 13.4. The Kier molecular flexibility index (Phi) is 5.13. The van der Waals surface area contributed by atoms with E-state index >= 15 is 0 Å². The zero-order valence-electron chi connectivity index (χ0n) is 16.0. The molecule has 1 aliphatic rings. The minimum atomic E-state index is -0.877. The molecule has 2 aromatic carbocycles. The quantitative estimate of drug-likeness (QED) is 0.813. The van der Waals surface area contributed by atoms with Gasteiger partial charge in [-0.25, -0.2) is 0 Å². The van der Waals surface area contributed by atoms with Gasteiger partial charge in [0.25, 0.3) is 11.8 Å². The van der Waals surface area contributed by atoms with Crippen molar-refractivity contribution in [2.75, 3.05) is 5.32 Å². The standard InChI is InChI=1S/C22H24N2O3/c1-13(2)15-9-7-8-12-18(15)23-20(25)19(14(3)4)24-21(26)16-10-5-6-11-17(16)22(24)27/h5-14,19H,1-4H3,(H,23,25). The SMILES string of the molecule is CC(C)c1ccccc1NC(=O)C(C(C)C)N1C(=O)c2ccccc2C1=O. The third-order valence-corrected chi connectivity index (χ3v) is 4.84. The van der Waals surface area contributed by atoms with Crippen LogP contribution in [0, 0.1) is 5.92 Å². The van der Waals surface area contributed by atoms with Gasteiger partial charge in [0.1, 0.15) is 6.04 Å². The fraction of sp³-hybridized carbons (Fsp3) is 0.318. The second-order valence-electron chi connectivity index (χ2n) is 7.45. The number of hydrogen-bond donors (Lipinski definition) is 1. The molecular weight excluding hydrogens is 340 g/mol. The van der Waals surface area contributed by atoms with Crippen molar-refractivity contribution >= 4 is 23.4 Å². The number of fused-ring (bicyclic) bond motifs is 1. The van der Waals surface area contributed by atoms with Gasteiger partial charge in [-0.2, -0.15) is 0 Å². The second kappa shape index (κ2) is 7.35. The van der Waals surface area contributed by atoms with Crippen LogP contribution in [0.25, 0.3) is 0 Å². The number of hydrogen-bond acceptors (Lipinski definition) is 3. The molecule has 0 radical (unpaired) electrons. The number of carbonyl (C=O) groups is 3. The lowest BCUT2D eigenvalue weighted by Crippen LogP contribution is -2.50. The highest BCUT2D eigenvalue weighted by Gasteiger charge is 2.43. The van der Waals surface area contributed by atoms with Gasteiger partial charge in [0.15, 0.2) is 0 Å². The molecule has 3 amide bonds. The van der Waals surface area contributed by atoms with Crippen LogP contribution in [0.3, 0.4) is 0 Å². The minimum Gasteiger partial charge on any atom is -0.324 e. The first-order valence-corrected chi connectivity index (χ1v) is 9.19. The van der Waals surface area contributed by atoms with Crippen molar-refractivity contribution in [2.24, 2.45) is 5.92 Å². The summed E-state index contributed by atoms with van der Waals surface area (Å²) < 4.78 is 0. The second-order valence-corrected chi connectivity index (χ2v) is 7.45. The Morgan fingerprint density at radius 1 is 0.852 bits per heavy atom. The predicted molar refractivity (Wildman–Crippen MR) is 105 cm³/mol. The average molecular weight is 364 g/mol. The summed E-state index contributed by atoms with van der Waals surface area (Å²) in [5, 5.41) is 2.93. The number of benzene rings is 2. The van der Waals surface area contributed by atoms with E-state index in [-0.39, 0.29) is 17.7 Å². The van der Waals surface area contributed by atoms with Crippen LogP contribution in [0.2, 0.25) is 0 Å². The largest absolute Gasteiger partial charge is 0.324 e. The number of amides is 3. The first kappa shape index (κ1) is 18.8. The molecule has 1 unspecified atom stereocenters. The molecule has 0 spiro atoms. The molecule has 1 atom stereocenters. The molecule has 0 fully saturated rings. The van der Waals surface area contributed by atoms with E-state index in [4.69, 9.17) is 0 Å². The molecule has 0 saturated carbocycles. The lowest BCUT2D eigenvalue weighted by atomic mass is 9.99. The summed E-state index contributed by atoms with van der Waals surface area (Å²) in [5.74, 6) is -1.17. The topological polar surface area (TPSA) is 66.5 Å². The van der Waals surface area contributed by atoms with Crippen LogP contribution in [0.5, 0.6) is 0 Å². The van der Waals surface area contributed by atoms with Crippen molar-refractivity contribution in [2.45, 2.75) is 39.7 Å². The van der Waals surface area contributed by atoms with Gasteiger partial charge in [-0.3, -0.25) is 19.3 Å². The number of nitrogens with one attached hydrogen (secondary N) is 1. The maximum Gasteiger partial charge on any atom is 0.262 e. The fourth-order valence-electron chi connectivity index (χ4n) is 3.50. The van der Waals surface area contributed by atoms with Gasteiger partial charge in [0, 0.05) is 5.69 Å². The van der Waals surface area contributed by atoms with Crippen LogP contribution in [0.1, 0.15) is 59.9 Å². The molecule has 5 nitrogen and oxygen atoms in total. The molecule has 0 aromatic heterocycles. The highest BCUT2D eigenvalue weighted by atomic mass is 16.2. The van der Waals surface area contributed by atoms with Gasteiger partial charge in [-0.05, 0) is 35.6 Å².